The molecule has 0 spiro atoms. The van der Waals surface area contributed by atoms with Gasteiger partial charge in [0.15, 0.2) is 0 Å². The highest BCUT2D eigenvalue weighted by Gasteiger charge is 2.24. The summed E-state index contributed by atoms with van der Waals surface area (Å²) in [7, 11) is 0. The Bertz CT molecular complexity index is 727. The molecular formula is C17H18N2O4. The lowest BCUT2D eigenvalue weighted by molar-refractivity contribution is -0.384. The van der Waals surface area contributed by atoms with Crippen LogP contribution in [0.1, 0.15) is 28.4 Å². The van der Waals surface area contributed by atoms with Gasteiger partial charge in [0.25, 0.3) is 11.6 Å². The van der Waals surface area contributed by atoms with Crippen molar-refractivity contribution >= 4 is 11.6 Å². The standard InChI is InChI=1S/C17H18N2O4/c1-12-8-13(10-15(9-12)19(22)23)16(20)18-11-17(2,21)14-6-4-3-5-7-14/h3-10,21H,11H2,1-2H3,(H,18,20). The second-order valence-electron chi connectivity index (χ2n) is 5.64. The minimum absolute atomic E-state index is 0.00239. The fraction of sp³-hybridized carbons (Fsp3) is 0.235. The maximum absolute atomic E-state index is 12.2. The number of non-ortho nitro benzene ring substituents is 1. The van der Waals surface area contributed by atoms with Crippen LogP contribution in [0, 0.1) is 17.0 Å². The first-order valence-electron chi connectivity index (χ1n) is 7.12. The fourth-order valence-electron chi connectivity index (χ4n) is 2.25. The Kier molecular flexibility index (Phi) is 4.76. The van der Waals surface area contributed by atoms with E-state index >= 15 is 0 Å². The molecule has 2 N–H and O–H groups in total. The van der Waals surface area contributed by atoms with E-state index in [9.17, 15) is 20.0 Å². The number of hydrogen-bond donors (Lipinski definition) is 2. The molecule has 23 heavy (non-hydrogen) atoms. The molecule has 6 nitrogen and oxygen atoms in total. The van der Waals surface area contributed by atoms with E-state index in [0.29, 0.717) is 11.1 Å². The fourth-order valence-corrected chi connectivity index (χ4v) is 2.25. The summed E-state index contributed by atoms with van der Waals surface area (Å²) in [6.07, 6.45) is 0. The van der Waals surface area contributed by atoms with Gasteiger partial charge in [-0.25, -0.2) is 0 Å². The van der Waals surface area contributed by atoms with Crippen molar-refractivity contribution in [2.24, 2.45) is 0 Å². The molecule has 2 rings (SSSR count). The third-order valence-corrected chi connectivity index (χ3v) is 3.52. The number of aliphatic hydroxyl groups is 1. The summed E-state index contributed by atoms with van der Waals surface area (Å²) in [4.78, 5) is 22.5. The van der Waals surface area contributed by atoms with Crippen molar-refractivity contribution in [3.05, 3.63) is 75.3 Å². The molecule has 0 radical (unpaired) electrons. The first-order valence-corrected chi connectivity index (χ1v) is 7.12. The normalized spacial score (nSPS) is 13.2. The summed E-state index contributed by atoms with van der Waals surface area (Å²) in [6, 6.07) is 13.2. The third-order valence-electron chi connectivity index (χ3n) is 3.52. The summed E-state index contributed by atoms with van der Waals surface area (Å²) in [5.41, 5.74) is 0.132. The van der Waals surface area contributed by atoms with Gasteiger partial charge in [0.2, 0.25) is 0 Å². The number of carbonyl (C=O) groups excluding carboxylic acids is 1. The van der Waals surface area contributed by atoms with Crippen molar-refractivity contribution in [1.82, 2.24) is 5.32 Å². The molecule has 2 aromatic rings. The van der Waals surface area contributed by atoms with Gasteiger partial charge in [-0.15, -0.1) is 0 Å². The SMILES string of the molecule is Cc1cc(C(=O)NCC(C)(O)c2ccccc2)cc([N+](=O)[O-])c1. The van der Waals surface area contributed by atoms with Crippen LogP contribution in [-0.4, -0.2) is 22.5 Å². The second kappa shape index (κ2) is 6.58. The number of benzene rings is 2. The molecule has 0 aromatic heterocycles. The average molecular weight is 314 g/mol. The van der Waals surface area contributed by atoms with Gasteiger partial charge in [0, 0.05) is 17.7 Å². The predicted molar refractivity (Wildman–Crippen MR) is 86.2 cm³/mol. The van der Waals surface area contributed by atoms with Gasteiger partial charge < -0.3 is 10.4 Å². The minimum atomic E-state index is -1.23. The number of nitrogens with one attached hydrogen (secondary N) is 1. The Balaban J connectivity index is 2.12. The Hall–Kier alpha value is -2.73. The largest absolute Gasteiger partial charge is 0.384 e. The lowest BCUT2D eigenvalue weighted by Gasteiger charge is -2.24. The number of nitrogens with zero attached hydrogens (tertiary/aromatic N) is 1. The maximum atomic E-state index is 12.2. The predicted octanol–water partition coefficient (Wildman–Crippen LogP) is 2.54. The zero-order valence-corrected chi connectivity index (χ0v) is 12.9. The summed E-state index contributed by atoms with van der Waals surface area (Å²) < 4.78 is 0. The minimum Gasteiger partial charge on any atom is -0.384 e. The number of nitro benzene ring substituents is 1. The molecule has 0 bridgehead atoms. The summed E-state index contributed by atoms with van der Waals surface area (Å²) in [5, 5.41) is 23.9. The number of amides is 1. The topological polar surface area (TPSA) is 92.5 Å². The number of nitro groups is 1. The molecule has 0 aliphatic rings. The van der Waals surface area contributed by atoms with Crippen molar-refractivity contribution in [2.45, 2.75) is 19.4 Å². The maximum Gasteiger partial charge on any atom is 0.270 e. The van der Waals surface area contributed by atoms with E-state index in [1.165, 1.54) is 12.1 Å². The monoisotopic (exact) mass is 314 g/mol. The van der Waals surface area contributed by atoms with Crippen LogP contribution < -0.4 is 5.32 Å². The van der Waals surface area contributed by atoms with Gasteiger partial charge in [-0.3, -0.25) is 14.9 Å². The van der Waals surface area contributed by atoms with Crippen LogP contribution in [-0.2, 0) is 5.60 Å². The van der Waals surface area contributed by atoms with E-state index in [1.54, 1.807) is 44.2 Å². The lowest BCUT2D eigenvalue weighted by Crippen LogP contribution is -2.38. The zero-order chi connectivity index (χ0) is 17.0. The molecule has 6 heteroatoms. The molecule has 120 valence electrons. The number of carbonyl (C=O) groups is 1. The Morgan fingerprint density at radius 3 is 2.52 bits per heavy atom. The van der Waals surface area contributed by atoms with Crippen LogP contribution >= 0.6 is 0 Å². The van der Waals surface area contributed by atoms with Crippen molar-refractivity contribution < 1.29 is 14.8 Å². The van der Waals surface area contributed by atoms with Gasteiger partial charge in [-0.05, 0) is 31.0 Å². The smallest absolute Gasteiger partial charge is 0.270 e. The molecular weight excluding hydrogens is 296 g/mol. The molecule has 1 atom stereocenters. The Morgan fingerprint density at radius 2 is 1.91 bits per heavy atom. The number of rotatable bonds is 5. The van der Waals surface area contributed by atoms with E-state index in [2.05, 4.69) is 5.32 Å². The van der Waals surface area contributed by atoms with Crippen LogP contribution in [0.25, 0.3) is 0 Å². The van der Waals surface area contributed by atoms with Crippen molar-refractivity contribution in [2.75, 3.05) is 6.54 Å². The highest BCUT2D eigenvalue weighted by Crippen LogP contribution is 2.20. The van der Waals surface area contributed by atoms with E-state index in [0.717, 1.165) is 0 Å². The van der Waals surface area contributed by atoms with Crippen LogP contribution in [0.4, 0.5) is 5.69 Å². The van der Waals surface area contributed by atoms with Crippen LogP contribution in [0.5, 0.6) is 0 Å². The summed E-state index contributed by atoms with van der Waals surface area (Å²) in [6.45, 7) is 3.28. The quantitative estimate of drug-likeness (QED) is 0.655. The van der Waals surface area contributed by atoms with Crippen molar-refractivity contribution in [3.63, 3.8) is 0 Å². The van der Waals surface area contributed by atoms with E-state index in [-0.39, 0.29) is 17.8 Å². The van der Waals surface area contributed by atoms with Gasteiger partial charge in [0.1, 0.15) is 5.60 Å². The molecule has 1 unspecified atom stereocenters. The van der Waals surface area contributed by atoms with Gasteiger partial charge >= 0.3 is 0 Å². The highest BCUT2D eigenvalue weighted by atomic mass is 16.6. The van der Waals surface area contributed by atoms with E-state index in [1.807, 2.05) is 6.07 Å². The summed E-state index contributed by atoms with van der Waals surface area (Å²) >= 11 is 0. The van der Waals surface area contributed by atoms with E-state index in [4.69, 9.17) is 0 Å². The molecule has 0 saturated carbocycles. The molecule has 2 aromatic carbocycles. The first-order chi connectivity index (χ1) is 10.8. The molecule has 1 amide bonds. The third kappa shape index (κ3) is 4.14. The molecule has 0 saturated heterocycles. The van der Waals surface area contributed by atoms with Gasteiger partial charge in [-0.1, -0.05) is 30.3 Å². The molecule has 0 fully saturated rings. The number of aryl methyl sites for hydroxylation is 1. The Morgan fingerprint density at radius 1 is 1.26 bits per heavy atom. The first kappa shape index (κ1) is 16.6. The summed E-state index contributed by atoms with van der Waals surface area (Å²) in [5.74, 6) is -0.465. The highest BCUT2D eigenvalue weighted by molar-refractivity contribution is 5.95. The lowest BCUT2D eigenvalue weighted by atomic mass is 9.96. The zero-order valence-electron chi connectivity index (χ0n) is 12.9. The Labute approximate surface area is 133 Å². The molecule has 0 aliphatic carbocycles. The molecule has 0 heterocycles. The van der Waals surface area contributed by atoms with Crippen LogP contribution in [0.2, 0.25) is 0 Å². The van der Waals surface area contributed by atoms with Crippen LogP contribution in [0.3, 0.4) is 0 Å². The average Bonchev–Trinajstić information content (AvgIpc) is 2.53. The number of hydrogen-bond acceptors (Lipinski definition) is 4. The van der Waals surface area contributed by atoms with Crippen molar-refractivity contribution in [1.29, 1.82) is 0 Å². The second-order valence-corrected chi connectivity index (χ2v) is 5.64. The molecule has 0 aliphatic heterocycles. The van der Waals surface area contributed by atoms with E-state index < -0.39 is 16.4 Å². The van der Waals surface area contributed by atoms with Crippen LogP contribution in [0.15, 0.2) is 48.5 Å². The van der Waals surface area contributed by atoms with Gasteiger partial charge in [0.05, 0.1) is 11.5 Å². The van der Waals surface area contributed by atoms with Gasteiger partial charge in [-0.2, -0.15) is 0 Å². The van der Waals surface area contributed by atoms with Crippen molar-refractivity contribution in [3.8, 4) is 0 Å².